The minimum Gasteiger partial charge on any atom is -0.249 e. The van der Waals surface area contributed by atoms with Crippen LogP contribution in [0.1, 0.15) is 55.1 Å². The molecule has 0 spiro atoms. The molecule has 1 heterocycles. The average Bonchev–Trinajstić information content (AvgIpc) is 2.81. The van der Waals surface area contributed by atoms with Crippen molar-refractivity contribution in [2.75, 3.05) is 5.33 Å². The van der Waals surface area contributed by atoms with E-state index in [0.29, 0.717) is 5.92 Å². The van der Waals surface area contributed by atoms with Crippen molar-refractivity contribution in [3.05, 3.63) is 34.6 Å². The SMILES string of the molecule is Cc1cc2nc3c(nc2cc1C)C1(C)CCC3C1(C)CBr. The van der Waals surface area contributed by atoms with E-state index >= 15 is 0 Å². The summed E-state index contributed by atoms with van der Waals surface area (Å²) < 4.78 is 0. The van der Waals surface area contributed by atoms with Crippen molar-refractivity contribution in [3.8, 4) is 0 Å². The highest BCUT2D eigenvalue weighted by Gasteiger charge is 2.63. The van der Waals surface area contributed by atoms with Crippen LogP contribution in [0.3, 0.4) is 0 Å². The van der Waals surface area contributed by atoms with Crippen LogP contribution in [0.2, 0.25) is 0 Å². The third-order valence-corrected chi connectivity index (χ3v) is 7.56. The summed E-state index contributed by atoms with van der Waals surface area (Å²) in [4.78, 5) is 10.1. The van der Waals surface area contributed by atoms with Crippen molar-refractivity contribution in [1.29, 1.82) is 0 Å². The molecule has 2 aromatic rings. The van der Waals surface area contributed by atoms with Gasteiger partial charge in [-0.3, -0.25) is 0 Å². The van der Waals surface area contributed by atoms with Gasteiger partial charge in [-0.15, -0.1) is 0 Å². The predicted octanol–water partition coefficient (Wildman–Crippen LogP) is 4.80. The van der Waals surface area contributed by atoms with Crippen LogP contribution in [0.5, 0.6) is 0 Å². The fraction of sp³-hybridized carbons (Fsp3) is 0.556. The number of alkyl halides is 1. The Balaban J connectivity index is 2.03. The van der Waals surface area contributed by atoms with E-state index in [1.807, 2.05) is 0 Å². The molecule has 1 fully saturated rings. The molecule has 21 heavy (non-hydrogen) atoms. The maximum Gasteiger partial charge on any atom is 0.0893 e. The summed E-state index contributed by atoms with van der Waals surface area (Å²) in [5, 5.41) is 1.02. The van der Waals surface area contributed by atoms with Gasteiger partial charge in [0.05, 0.1) is 22.4 Å². The maximum atomic E-state index is 5.07. The zero-order chi connectivity index (χ0) is 15.0. The lowest BCUT2D eigenvalue weighted by atomic mass is 9.70. The molecule has 0 saturated heterocycles. The minimum atomic E-state index is 0.163. The molecule has 0 amide bonds. The Morgan fingerprint density at radius 2 is 1.76 bits per heavy atom. The Morgan fingerprint density at radius 3 is 2.38 bits per heavy atom. The van der Waals surface area contributed by atoms with E-state index in [4.69, 9.17) is 9.97 Å². The number of nitrogens with zero attached hydrogens (tertiary/aromatic N) is 2. The van der Waals surface area contributed by atoms with Gasteiger partial charge < -0.3 is 0 Å². The molecule has 3 heteroatoms. The van der Waals surface area contributed by atoms with E-state index in [2.05, 4.69) is 55.8 Å². The Morgan fingerprint density at radius 1 is 1.14 bits per heavy atom. The monoisotopic (exact) mass is 344 g/mol. The summed E-state index contributed by atoms with van der Waals surface area (Å²) in [6.07, 6.45) is 2.48. The van der Waals surface area contributed by atoms with Crippen LogP contribution < -0.4 is 0 Å². The molecule has 2 aliphatic carbocycles. The van der Waals surface area contributed by atoms with Crippen molar-refractivity contribution in [3.63, 3.8) is 0 Å². The lowest BCUT2D eigenvalue weighted by molar-refractivity contribution is 0.236. The standard InChI is InChI=1S/C18H21BrN2/c1-10-7-13-14(8-11(10)2)21-16-15(20-13)12-5-6-17(16,3)18(12,4)9-19/h7-8,12H,5-6,9H2,1-4H3. The van der Waals surface area contributed by atoms with Crippen molar-refractivity contribution in [1.82, 2.24) is 9.97 Å². The summed E-state index contributed by atoms with van der Waals surface area (Å²) in [7, 11) is 0. The second-order valence-electron chi connectivity index (χ2n) is 7.36. The number of fused-ring (bicyclic) bond motifs is 6. The lowest BCUT2D eigenvalue weighted by Crippen LogP contribution is -2.36. The van der Waals surface area contributed by atoms with Crippen LogP contribution in [0.25, 0.3) is 11.0 Å². The topological polar surface area (TPSA) is 25.8 Å². The fourth-order valence-corrected chi connectivity index (χ4v) is 5.47. The van der Waals surface area contributed by atoms with Gasteiger partial charge >= 0.3 is 0 Å². The summed E-state index contributed by atoms with van der Waals surface area (Å²) in [5.74, 6) is 0.551. The molecule has 1 aromatic heterocycles. The number of hydrogen-bond donors (Lipinski definition) is 0. The largest absolute Gasteiger partial charge is 0.249 e. The highest BCUT2D eigenvalue weighted by atomic mass is 79.9. The Bertz CT molecular complexity index is 769. The summed E-state index contributed by atoms with van der Waals surface area (Å²) in [6, 6.07) is 4.39. The smallest absolute Gasteiger partial charge is 0.0893 e. The van der Waals surface area contributed by atoms with E-state index in [9.17, 15) is 0 Å². The van der Waals surface area contributed by atoms with Gasteiger partial charge in [0.2, 0.25) is 0 Å². The molecule has 0 N–H and O–H groups in total. The molecule has 2 nitrogen and oxygen atoms in total. The summed E-state index contributed by atoms with van der Waals surface area (Å²) in [6.45, 7) is 9.10. The van der Waals surface area contributed by atoms with Gasteiger partial charge in [0.1, 0.15) is 0 Å². The minimum absolute atomic E-state index is 0.163. The number of aromatic nitrogens is 2. The Labute approximate surface area is 134 Å². The van der Waals surface area contributed by atoms with Crippen LogP contribution in [0, 0.1) is 19.3 Å². The molecule has 1 aromatic carbocycles. The first-order valence-corrected chi connectivity index (χ1v) is 8.88. The first kappa shape index (κ1) is 13.7. The third-order valence-electron chi connectivity index (χ3n) is 6.40. The first-order valence-electron chi connectivity index (χ1n) is 7.76. The van der Waals surface area contributed by atoms with E-state index in [0.717, 1.165) is 16.4 Å². The van der Waals surface area contributed by atoms with E-state index in [-0.39, 0.29) is 10.8 Å². The zero-order valence-electron chi connectivity index (χ0n) is 13.1. The van der Waals surface area contributed by atoms with Crippen LogP contribution in [0.15, 0.2) is 12.1 Å². The molecular weight excluding hydrogens is 324 g/mol. The van der Waals surface area contributed by atoms with Gasteiger partial charge in [-0.05, 0) is 55.4 Å². The van der Waals surface area contributed by atoms with E-state index < -0.39 is 0 Å². The first-order chi connectivity index (χ1) is 9.90. The van der Waals surface area contributed by atoms with Crippen LogP contribution in [-0.4, -0.2) is 15.3 Å². The average molecular weight is 345 g/mol. The van der Waals surface area contributed by atoms with Crippen LogP contribution in [0.4, 0.5) is 0 Å². The molecular formula is C18H21BrN2. The molecule has 3 unspecified atom stereocenters. The summed E-state index contributed by atoms with van der Waals surface area (Å²) >= 11 is 3.77. The van der Waals surface area contributed by atoms with Crippen LogP contribution >= 0.6 is 15.9 Å². The highest BCUT2D eigenvalue weighted by Crippen LogP contribution is 2.67. The lowest BCUT2D eigenvalue weighted by Gasteiger charge is -2.36. The van der Waals surface area contributed by atoms with E-state index in [1.54, 1.807) is 0 Å². The zero-order valence-corrected chi connectivity index (χ0v) is 14.7. The molecule has 2 aliphatic rings. The molecule has 0 radical (unpaired) electrons. The van der Waals surface area contributed by atoms with Gasteiger partial charge in [-0.2, -0.15) is 0 Å². The Kier molecular flexibility index (Phi) is 2.65. The van der Waals surface area contributed by atoms with Gasteiger partial charge in [0.15, 0.2) is 0 Å². The Hall–Kier alpha value is -0.960. The number of benzene rings is 1. The summed E-state index contributed by atoms with van der Waals surface area (Å²) in [5.41, 5.74) is 7.65. The second kappa shape index (κ2) is 4.07. The molecule has 0 aliphatic heterocycles. The van der Waals surface area contributed by atoms with Crippen molar-refractivity contribution in [2.45, 2.75) is 51.9 Å². The fourth-order valence-electron chi connectivity index (χ4n) is 4.46. The normalized spacial score (nSPS) is 33.7. The van der Waals surface area contributed by atoms with Gasteiger partial charge in [0.25, 0.3) is 0 Å². The van der Waals surface area contributed by atoms with Gasteiger partial charge in [0, 0.05) is 16.7 Å². The van der Waals surface area contributed by atoms with Crippen LogP contribution in [-0.2, 0) is 5.41 Å². The highest BCUT2D eigenvalue weighted by molar-refractivity contribution is 9.09. The molecule has 2 bridgehead atoms. The van der Waals surface area contributed by atoms with Crippen molar-refractivity contribution in [2.24, 2.45) is 5.41 Å². The molecule has 4 rings (SSSR count). The van der Waals surface area contributed by atoms with Crippen molar-refractivity contribution >= 4 is 27.0 Å². The second-order valence-corrected chi connectivity index (χ2v) is 7.92. The van der Waals surface area contributed by atoms with Gasteiger partial charge in [-0.25, -0.2) is 9.97 Å². The number of halogens is 1. The molecule has 3 atom stereocenters. The molecule has 110 valence electrons. The predicted molar refractivity (Wildman–Crippen MR) is 90.2 cm³/mol. The van der Waals surface area contributed by atoms with Crippen molar-refractivity contribution < 1.29 is 0 Å². The van der Waals surface area contributed by atoms with Gasteiger partial charge in [-0.1, -0.05) is 29.8 Å². The number of aryl methyl sites for hydroxylation is 2. The van der Waals surface area contributed by atoms with E-state index in [1.165, 1.54) is 35.4 Å². The maximum absolute atomic E-state index is 5.07. The number of hydrogen-bond acceptors (Lipinski definition) is 2. The quantitative estimate of drug-likeness (QED) is 0.694. The number of rotatable bonds is 1. The molecule has 1 saturated carbocycles. The third kappa shape index (κ3) is 1.48.